The SMILES string of the molecule is CCN(c1cc(C#CC2CCN(C)CC2)cc(C(=O)NC2COCc3[nH]cnc32)c1C)[C@H]1CC[C@H](N(C)C)CC1. The molecule has 1 atom stereocenters. The van der Waals surface area contributed by atoms with Crippen LogP contribution in [0.15, 0.2) is 18.5 Å². The first-order valence-electron chi connectivity index (χ1n) is 15.0. The van der Waals surface area contributed by atoms with Crippen molar-refractivity contribution in [2.45, 2.75) is 77.1 Å². The number of aromatic nitrogens is 2. The van der Waals surface area contributed by atoms with E-state index in [1.807, 2.05) is 6.07 Å². The number of nitrogens with one attached hydrogen (secondary N) is 2. The molecule has 2 fully saturated rings. The average Bonchev–Trinajstić information content (AvgIpc) is 3.45. The molecule has 2 aromatic rings. The molecular formula is C32H46N6O2. The molecule has 40 heavy (non-hydrogen) atoms. The first kappa shape index (κ1) is 28.7. The van der Waals surface area contributed by atoms with E-state index in [1.54, 1.807) is 6.33 Å². The fourth-order valence-corrected chi connectivity index (χ4v) is 6.61. The van der Waals surface area contributed by atoms with Gasteiger partial charge >= 0.3 is 0 Å². The standard InChI is InChI=1S/C32H46N6O2/c1-6-38(26-11-9-25(10-12-26)36(3)4)30-18-24(8-7-23-13-15-37(5)16-14-23)17-27(22(30)2)32(39)35-29-20-40-19-28-31(29)34-21-33-28/h17-18,21,23,25-26,29H,6,9-16,19-20H2,1-5H3,(H,33,34)(H,35,39)/t25-,26-,29?. The van der Waals surface area contributed by atoms with E-state index in [4.69, 9.17) is 4.74 Å². The third kappa shape index (κ3) is 6.38. The zero-order valence-electron chi connectivity index (χ0n) is 24.9. The van der Waals surface area contributed by atoms with Gasteiger partial charge in [-0.05, 0) is 104 Å². The van der Waals surface area contributed by atoms with Gasteiger partial charge in [-0.25, -0.2) is 4.98 Å². The van der Waals surface area contributed by atoms with E-state index in [0.29, 0.717) is 36.8 Å². The van der Waals surface area contributed by atoms with Crippen molar-refractivity contribution in [1.29, 1.82) is 0 Å². The summed E-state index contributed by atoms with van der Waals surface area (Å²) in [5.41, 5.74) is 5.55. The molecule has 1 saturated heterocycles. The first-order chi connectivity index (χ1) is 19.3. The molecule has 0 bridgehead atoms. The zero-order chi connectivity index (χ0) is 28.2. The highest BCUT2D eigenvalue weighted by Crippen LogP contribution is 2.33. The van der Waals surface area contributed by atoms with Gasteiger partial charge < -0.3 is 29.7 Å². The molecule has 8 nitrogen and oxygen atoms in total. The molecule has 3 heterocycles. The molecule has 0 radical (unpaired) electrons. The maximum absolute atomic E-state index is 13.8. The second kappa shape index (κ2) is 12.8. The van der Waals surface area contributed by atoms with E-state index < -0.39 is 0 Å². The number of fused-ring (bicyclic) bond motifs is 1. The number of benzene rings is 1. The van der Waals surface area contributed by atoms with Crippen molar-refractivity contribution in [3.63, 3.8) is 0 Å². The maximum Gasteiger partial charge on any atom is 0.252 e. The maximum atomic E-state index is 13.8. The summed E-state index contributed by atoms with van der Waals surface area (Å²) < 4.78 is 5.73. The lowest BCUT2D eigenvalue weighted by atomic mass is 9.88. The quantitative estimate of drug-likeness (QED) is 0.531. The van der Waals surface area contributed by atoms with Crippen molar-refractivity contribution in [1.82, 2.24) is 25.1 Å². The number of imidazole rings is 1. The third-order valence-corrected chi connectivity index (χ3v) is 9.17. The van der Waals surface area contributed by atoms with Crippen molar-refractivity contribution in [3.05, 3.63) is 46.5 Å². The topological polar surface area (TPSA) is 76.7 Å². The molecule has 216 valence electrons. The van der Waals surface area contributed by atoms with Crippen LogP contribution in [-0.4, -0.2) is 85.1 Å². The average molecular weight is 547 g/mol. The van der Waals surface area contributed by atoms with Gasteiger partial charge in [0.2, 0.25) is 0 Å². The summed E-state index contributed by atoms with van der Waals surface area (Å²) in [7, 11) is 6.55. The van der Waals surface area contributed by atoms with Gasteiger partial charge in [0.05, 0.1) is 37.0 Å². The smallest absolute Gasteiger partial charge is 0.252 e. The number of carbonyl (C=O) groups excluding carboxylic acids is 1. The molecule has 1 unspecified atom stereocenters. The predicted octanol–water partition coefficient (Wildman–Crippen LogP) is 4.11. The molecule has 1 aromatic heterocycles. The van der Waals surface area contributed by atoms with E-state index >= 15 is 0 Å². The van der Waals surface area contributed by atoms with Crippen molar-refractivity contribution in [2.75, 3.05) is 52.3 Å². The molecule has 2 N–H and O–H groups in total. The van der Waals surface area contributed by atoms with Crippen LogP contribution in [0.1, 0.15) is 84.4 Å². The van der Waals surface area contributed by atoms with Crippen LogP contribution in [0.4, 0.5) is 5.69 Å². The summed E-state index contributed by atoms with van der Waals surface area (Å²) >= 11 is 0. The van der Waals surface area contributed by atoms with E-state index in [-0.39, 0.29) is 11.9 Å². The number of anilines is 1. The number of carbonyl (C=O) groups is 1. The molecule has 8 heteroatoms. The molecule has 2 aliphatic heterocycles. The van der Waals surface area contributed by atoms with Crippen molar-refractivity contribution < 1.29 is 9.53 Å². The summed E-state index contributed by atoms with van der Waals surface area (Å²) in [5.74, 6) is 7.34. The fourth-order valence-electron chi connectivity index (χ4n) is 6.61. The van der Waals surface area contributed by atoms with Gasteiger partial charge in [0.1, 0.15) is 0 Å². The van der Waals surface area contributed by atoms with Gasteiger partial charge in [0.25, 0.3) is 5.91 Å². The van der Waals surface area contributed by atoms with Gasteiger partial charge in [0, 0.05) is 41.4 Å². The number of hydrogen-bond donors (Lipinski definition) is 2. The van der Waals surface area contributed by atoms with E-state index in [9.17, 15) is 4.79 Å². The van der Waals surface area contributed by atoms with E-state index in [2.05, 4.69) is 82.9 Å². The normalized spacial score (nSPS) is 23.8. The number of rotatable bonds is 6. The molecule has 1 amide bonds. The van der Waals surface area contributed by atoms with Crippen LogP contribution >= 0.6 is 0 Å². The van der Waals surface area contributed by atoms with Crippen LogP contribution in [0.25, 0.3) is 0 Å². The van der Waals surface area contributed by atoms with Crippen LogP contribution < -0.4 is 10.2 Å². The van der Waals surface area contributed by atoms with Gasteiger partial charge in [-0.2, -0.15) is 0 Å². The lowest BCUT2D eigenvalue weighted by Crippen LogP contribution is -2.42. The Kier molecular flexibility index (Phi) is 9.14. The molecule has 1 aromatic carbocycles. The Labute approximate surface area is 239 Å². The van der Waals surface area contributed by atoms with Crippen LogP contribution in [0.5, 0.6) is 0 Å². The zero-order valence-corrected chi connectivity index (χ0v) is 24.9. The number of hydrogen-bond acceptors (Lipinski definition) is 6. The Morgan fingerprint density at radius 2 is 1.88 bits per heavy atom. The molecule has 3 aliphatic rings. The van der Waals surface area contributed by atoms with Crippen molar-refractivity contribution in [3.8, 4) is 11.8 Å². The monoisotopic (exact) mass is 546 g/mol. The second-order valence-corrected chi connectivity index (χ2v) is 12.0. The van der Waals surface area contributed by atoms with Crippen LogP contribution in [0.2, 0.25) is 0 Å². The third-order valence-electron chi connectivity index (χ3n) is 9.17. The number of H-pyrrole nitrogens is 1. The van der Waals surface area contributed by atoms with Gasteiger partial charge in [0.15, 0.2) is 0 Å². The summed E-state index contributed by atoms with van der Waals surface area (Å²) in [6.07, 6.45) is 8.58. The summed E-state index contributed by atoms with van der Waals surface area (Å²) in [6.45, 7) is 8.30. The van der Waals surface area contributed by atoms with Crippen LogP contribution in [0, 0.1) is 24.7 Å². The summed E-state index contributed by atoms with van der Waals surface area (Å²) in [4.78, 5) is 28.7. The molecule has 0 spiro atoms. The minimum absolute atomic E-state index is 0.0986. The Bertz CT molecular complexity index is 1230. The Morgan fingerprint density at radius 1 is 1.15 bits per heavy atom. The van der Waals surface area contributed by atoms with Gasteiger partial charge in [-0.15, -0.1) is 0 Å². The Hall–Kier alpha value is -2.86. The minimum atomic E-state index is -0.275. The fraction of sp³-hybridized carbons (Fsp3) is 0.625. The highest BCUT2D eigenvalue weighted by Gasteiger charge is 2.30. The highest BCUT2D eigenvalue weighted by molar-refractivity contribution is 5.98. The first-order valence-corrected chi connectivity index (χ1v) is 15.0. The highest BCUT2D eigenvalue weighted by atomic mass is 16.5. The van der Waals surface area contributed by atoms with Crippen molar-refractivity contribution in [2.24, 2.45) is 5.92 Å². The number of piperidine rings is 1. The summed E-state index contributed by atoms with van der Waals surface area (Å²) in [5, 5.41) is 3.21. The number of ether oxygens (including phenoxy) is 1. The Balaban J connectivity index is 1.45. The Morgan fingerprint density at radius 3 is 2.58 bits per heavy atom. The van der Waals surface area contributed by atoms with Crippen LogP contribution in [-0.2, 0) is 11.3 Å². The number of nitrogens with zero attached hydrogens (tertiary/aromatic N) is 4. The number of aromatic amines is 1. The lowest BCUT2D eigenvalue weighted by molar-refractivity contribution is 0.0686. The van der Waals surface area contributed by atoms with E-state index in [1.165, 1.54) is 12.8 Å². The molecule has 1 saturated carbocycles. The summed E-state index contributed by atoms with van der Waals surface area (Å²) in [6, 6.07) is 5.05. The number of likely N-dealkylation sites (tertiary alicyclic amines) is 1. The largest absolute Gasteiger partial charge is 0.373 e. The van der Waals surface area contributed by atoms with E-state index in [0.717, 1.165) is 73.5 Å². The molecular weight excluding hydrogens is 500 g/mol. The number of amides is 1. The minimum Gasteiger partial charge on any atom is -0.373 e. The molecule has 1 aliphatic carbocycles. The van der Waals surface area contributed by atoms with Crippen molar-refractivity contribution >= 4 is 11.6 Å². The van der Waals surface area contributed by atoms with Crippen LogP contribution in [0.3, 0.4) is 0 Å². The lowest BCUT2D eigenvalue weighted by Gasteiger charge is -2.40. The molecule has 5 rings (SSSR count). The predicted molar refractivity (Wildman–Crippen MR) is 159 cm³/mol. The van der Waals surface area contributed by atoms with Gasteiger partial charge in [-0.1, -0.05) is 11.8 Å². The van der Waals surface area contributed by atoms with Gasteiger partial charge in [-0.3, -0.25) is 4.79 Å². The second-order valence-electron chi connectivity index (χ2n) is 12.0.